The van der Waals surface area contributed by atoms with Gasteiger partial charge >= 0.3 is 0 Å². The van der Waals surface area contributed by atoms with E-state index in [1.807, 2.05) is 12.1 Å². The number of benzene rings is 1. The first kappa shape index (κ1) is 18.4. The summed E-state index contributed by atoms with van der Waals surface area (Å²) in [4.78, 5) is 20.0. The van der Waals surface area contributed by atoms with E-state index < -0.39 is 0 Å². The van der Waals surface area contributed by atoms with Crippen molar-refractivity contribution in [2.75, 3.05) is 23.3 Å². The Labute approximate surface area is 173 Å². The summed E-state index contributed by atoms with van der Waals surface area (Å²) in [5, 5.41) is 7.56. The second-order valence-electron chi connectivity index (χ2n) is 7.82. The summed E-state index contributed by atoms with van der Waals surface area (Å²) in [5.41, 5.74) is 3.81. The van der Waals surface area contributed by atoms with Crippen LogP contribution in [0.4, 0.5) is 11.4 Å². The molecule has 4 heterocycles. The van der Waals surface area contributed by atoms with Gasteiger partial charge in [0.1, 0.15) is 5.69 Å². The summed E-state index contributed by atoms with van der Waals surface area (Å²) < 4.78 is 10.8. The van der Waals surface area contributed by atoms with Crippen LogP contribution in [0, 0.1) is 12.8 Å². The van der Waals surface area contributed by atoms with E-state index in [-0.39, 0.29) is 5.91 Å². The van der Waals surface area contributed by atoms with Crippen molar-refractivity contribution >= 4 is 28.4 Å². The quantitative estimate of drug-likeness (QED) is 0.523. The Morgan fingerprint density at radius 1 is 1.23 bits per heavy atom. The highest BCUT2D eigenvalue weighted by atomic mass is 16.5. The van der Waals surface area contributed by atoms with Gasteiger partial charge in [-0.25, -0.2) is 4.98 Å². The topological polar surface area (TPSA) is 84.4 Å². The number of carbonyl (C=O) groups excluding carboxylic acids is 1. The van der Waals surface area contributed by atoms with Crippen molar-refractivity contribution in [1.82, 2.24) is 10.1 Å². The van der Waals surface area contributed by atoms with E-state index in [2.05, 4.69) is 39.4 Å². The predicted molar refractivity (Wildman–Crippen MR) is 115 cm³/mol. The number of nitrogens with one attached hydrogen (secondary N) is 1. The molecular weight excluding hydrogens is 380 g/mol. The van der Waals surface area contributed by atoms with Gasteiger partial charge in [-0.2, -0.15) is 0 Å². The molecule has 0 spiro atoms. The van der Waals surface area contributed by atoms with Crippen LogP contribution < -0.4 is 10.2 Å². The van der Waals surface area contributed by atoms with E-state index in [0.29, 0.717) is 39.7 Å². The van der Waals surface area contributed by atoms with Crippen molar-refractivity contribution in [2.45, 2.75) is 20.3 Å². The molecule has 1 aliphatic rings. The molecule has 1 unspecified atom stereocenters. The Balaban J connectivity index is 1.44. The van der Waals surface area contributed by atoms with Gasteiger partial charge in [-0.05, 0) is 61.7 Å². The van der Waals surface area contributed by atoms with Crippen LogP contribution in [0.15, 0.2) is 57.7 Å². The fourth-order valence-electron chi connectivity index (χ4n) is 3.95. The molecule has 1 aromatic carbocycles. The fraction of sp³-hybridized carbons (Fsp3) is 0.261. The van der Waals surface area contributed by atoms with Crippen molar-refractivity contribution < 1.29 is 13.7 Å². The highest BCUT2D eigenvalue weighted by molar-refractivity contribution is 6.13. The summed E-state index contributed by atoms with van der Waals surface area (Å²) in [6.07, 6.45) is 2.78. The maximum absolute atomic E-state index is 13.1. The fourth-order valence-corrected chi connectivity index (χ4v) is 3.95. The van der Waals surface area contributed by atoms with Crippen LogP contribution in [0.3, 0.4) is 0 Å². The average molecular weight is 402 g/mol. The second kappa shape index (κ2) is 7.33. The van der Waals surface area contributed by atoms with E-state index in [0.717, 1.165) is 18.8 Å². The summed E-state index contributed by atoms with van der Waals surface area (Å²) in [6, 6.07) is 13.2. The van der Waals surface area contributed by atoms with Gasteiger partial charge in [0.05, 0.1) is 22.9 Å². The molecule has 4 aromatic rings. The van der Waals surface area contributed by atoms with Crippen molar-refractivity contribution in [3.05, 3.63) is 60.0 Å². The number of amides is 1. The molecule has 0 aliphatic carbocycles. The lowest BCUT2D eigenvalue weighted by Gasteiger charge is -2.18. The van der Waals surface area contributed by atoms with E-state index in [9.17, 15) is 4.79 Å². The van der Waals surface area contributed by atoms with Crippen LogP contribution in [-0.4, -0.2) is 29.1 Å². The zero-order valence-corrected chi connectivity index (χ0v) is 16.9. The zero-order chi connectivity index (χ0) is 20.7. The summed E-state index contributed by atoms with van der Waals surface area (Å²) in [6.45, 7) is 6.21. The highest BCUT2D eigenvalue weighted by Gasteiger charge is 2.21. The van der Waals surface area contributed by atoms with Crippen molar-refractivity contribution in [3.63, 3.8) is 0 Å². The molecule has 1 N–H and O–H groups in total. The Morgan fingerprint density at radius 3 is 2.77 bits per heavy atom. The lowest BCUT2D eigenvalue weighted by atomic mass is 10.1. The van der Waals surface area contributed by atoms with Gasteiger partial charge in [0.25, 0.3) is 11.6 Å². The first-order chi connectivity index (χ1) is 14.6. The standard InChI is InChI=1S/C23H22N4O3/c1-14-9-10-27(13-14)17-7-5-16(6-8-17)24-22(28)18-12-19(20-4-3-11-29-20)25-23-21(18)15(2)26-30-23/h3-8,11-12,14H,9-10,13H2,1-2H3,(H,24,28). The minimum Gasteiger partial charge on any atom is -0.463 e. The summed E-state index contributed by atoms with van der Waals surface area (Å²) >= 11 is 0. The number of rotatable bonds is 4. The van der Waals surface area contributed by atoms with Gasteiger partial charge in [-0.15, -0.1) is 0 Å². The average Bonchev–Trinajstić information content (AvgIpc) is 3.50. The number of carbonyl (C=O) groups is 1. The van der Waals surface area contributed by atoms with Gasteiger partial charge in [0.15, 0.2) is 5.76 Å². The number of hydrogen-bond acceptors (Lipinski definition) is 6. The maximum atomic E-state index is 13.1. The Hall–Kier alpha value is -3.61. The van der Waals surface area contributed by atoms with Crippen LogP contribution in [0.25, 0.3) is 22.6 Å². The van der Waals surface area contributed by atoms with Crippen molar-refractivity contribution in [1.29, 1.82) is 0 Å². The third-order valence-electron chi connectivity index (χ3n) is 5.55. The number of aromatic nitrogens is 2. The first-order valence-electron chi connectivity index (χ1n) is 10.1. The van der Waals surface area contributed by atoms with E-state index in [1.54, 1.807) is 31.4 Å². The number of hydrogen-bond donors (Lipinski definition) is 1. The molecule has 30 heavy (non-hydrogen) atoms. The van der Waals surface area contributed by atoms with Gasteiger partial charge in [-0.1, -0.05) is 12.1 Å². The molecule has 0 bridgehead atoms. The van der Waals surface area contributed by atoms with Crippen LogP contribution in [0.5, 0.6) is 0 Å². The van der Waals surface area contributed by atoms with Crippen LogP contribution >= 0.6 is 0 Å². The first-order valence-corrected chi connectivity index (χ1v) is 10.1. The molecule has 1 fully saturated rings. The minimum absolute atomic E-state index is 0.246. The molecule has 1 aliphatic heterocycles. The smallest absolute Gasteiger partial charge is 0.259 e. The van der Waals surface area contributed by atoms with Gasteiger partial charge in [0.2, 0.25) is 0 Å². The predicted octanol–water partition coefficient (Wildman–Crippen LogP) is 4.89. The summed E-state index contributed by atoms with van der Waals surface area (Å²) in [5.74, 6) is 1.03. The van der Waals surface area contributed by atoms with Crippen molar-refractivity contribution in [2.24, 2.45) is 5.92 Å². The minimum atomic E-state index is -0.246. The molecule has 1 atom stereocenters. The molecule has 7 nitrogen and oxygen atoms in total. The normalized spacial score (nSPS) is 16.3. The number of fused-ring (bicyclic) bond motifs is 1. The highest BCUT2D eigenvalue weighted by Crippen LogP contribution is 2.29. The van der Waals surface area contributed by atoms with Crippen LogP contribution in [-0.2, 0) is 0 Å². The lowest BCUT2D eigenvalue weighted by molar-refractivity contribution is 0.102. The van der Waals surface area contributed by atoms with E-state index in [4.69, 9.17) is 8.94 Å². The summed E-state index contributed by atoms with van der Waals surface area (Å²) in [7, 11) is 0. The number of anilines is 2. The van der Waals surface area contributed by atoms with Crippen LogP contribution in [0.2, 0.25) is 0 Å². The largest absolute Gasteiger partial charge is 0.463 e. The lowest BCUT2D eigenvalue weighted by Crippen LogP contribution is -2.19. The van der Waals surface area contributed by atoms with Gasteiger partial charge in [-0.3, -0.25) is 4.79 Å². The molecule has 3 aromatic heterocycles. The third-order valence-corrected chi connectivity index (χ3v) is 5.55. The Bertz CT molecular complexity index is 1200. The maximum Gasteiger partial charge on any atom is 0.259 e. The monoisotopic (exact) mass is 402 g/mol. The van der Waals surface area contributed by atoms with Gasteiger partial charge in [0, 0.05) is 24.5 Å². The van der Waals surface area contributed by atoms with Gasteiger partial charge < -0.3 is 19.2 Å². The molecule has 0 radical (unpaired) electrons. The molecule has 152 valence electrons. The molecule has 0 saturated carbocycles. The molecule has 1 saturated heterocycles. The van der Waals surface area contributed by atoms with E-state index >= 15 is 0 Å². The third kappa shape index (κ3) is 3.32. The number of nitrogens with zero attached hydrogens (tertiary/aromatic N) is 3. The molecule has 7 heteroatoms. The molecule has 1 amide bonds. The zero-order valence-electron chi connectivity index (χ0n) is 16.9. The Morgan fingerprint density at radius 2 is 2.07 bits per heavy atom. The molecule has 5 rings (SSSR count). The second-order valence-corrected chi connectivity index (χ2v) is 7.82. The SMILES string of the molecule is Cc1noc2nc(-c3ccco3)cc(C(=O)Nc3ccc(N4CCC(C)C4)cc3)c12. The number of pyridine rings is 1. The number of furan rings is 1. The van der Waals surface area contributed by atoms with Crippen molar-refractivity contribution in [3.8, 4) is 11.5 Å². The Kier molecular flexibility index (Phi) is 4.50. The van der Waals surface area contributed by atoms with E-state index in [1.165, 1.54) is 12.1 Å². The molecular formula is C23H22N4O3. The number of aryl methyl sites for hydroxylation is 1. The van der Waals surface area contributed by atoms with Crippen LogP contribution in [0.1, 0.15) is 29.4 Å².